The van der Waals surface area contributed by atoms with Gasteiger partial charge in [-0.3, -0.25) is 4.99 Å². The van der Waals surface area contributed by atoms with Gasteiger partial charge in [0, 0.05) is 31.1 Å². The summed E-state index contributed by atoms with van der Waals surface area (Å²) in [6.45, 7) is 1.02. The minimum atomic E-state index is -0.392. The molecule has 4 nitrogen and oxygen atoms in total. The van der Waals surface area contributed by atoms with E-state index in [0.29, 0.717) is 30.2 Å². The predicted molar refractivity (Wildman–Crippen MR) is 110 cm³/mol. The van der Waals surface area contributed by atoms with Gasteiger partial charge in [-0.1, -0.05) is 6.07 Å². The number of nitrogens with zero attached hydrogens (tertiary/aromatic N) is 3. The van der Waals surface area contributed by atoms with Gasteiger partial charge in [0.1, 0.15) is 5.82 Å². The molecule has 0 aliphatic rings. The van der Waals surface area contributed by atoms with Crippen LogP contribution in [0.1, 0.15) is 16.0 Å². The Morgan fingerprint density at radius 2 is 2.17 bits per heavy atom. The van der Waals surface area contributed by atoms with Crippen molar-refractivity contribution >= 4 is 57.2 Å². The number of hydrogen-bond acceptors (Lipinski definition) is 3. The van der Waals surface area contributed by atoms with E-state index < -0.39 is 5.82 Å². The number of nitriles is 1. The van der Waals surface area contributed by atoms with Crippen LogP contribution in [-0.2, 0) is 13.1 Å². The Kier molecular flexibility index (Phi) is 8.66. The molecule has 1 aromatic carbocycles. The first-order valence-electron chi connectivity index (χ1n) is 6.88. The van der Waals surface area contributed by atoms with E-state index in [1.165, 1.54) is 10.9 Å². The first kappa shape index (κ1) is 20.9. The molecular weight excluding hydrogens is 506 g/mol. The van der Waals surface area contributed by atoms with Crippen molar-refractivity contribution in [3.05, 3.63) is 55.9 Å². The topological polar surface area (TPSA) is 51.4 Å². The third-order valence-electron chi connectivity index (χ3n) is 3.21. The molecule has 1 aromatic heterocycles. The predicted octanol–water partition coefficient (Wildman–Crippen LogP) is 4.35. The second-order valence-corrected chi connectivity index (χ2v) is 7.43. The van der Waals surface area contributed by atoms with Crippen LogP contribution in [0.3, 0.4) is 0 Å². The van der Waals surface area contributed by atoms with E-state index in [0.717, 1.165) is 3.79 Å². The van der Waals surface area contributed by atoms with Gasteiger partial charge in [0.25, 0.3) is 0 Å². The molecule has 1 heterocycles. The number of hydrogen-bond donors (Lipinski definition) is 1. The Labute approximate surface area is 170 Å². The summed E-state index contributed by atoms with van der Waals surface area (Å²) in [6.07, 6.45) is 0. The molecule has 8 heteroatoms. The first-order valence-corrected chi connectivity index (χ1v) is 8.49. The smallest absolute Gasteiger partial charge is 0.193 e. The fraction of sp³-hybridized carbons (Fsp3) is 0.250. The van der Waals surface area contributed by atoms with Crippen LogP contribution in [0.15, 0.2) is 39.1 Å². The summed E-state index contributed by atoms with van der Waals surface area (Å²) in [5, 5.41) is 11.9. The highest BCUT2D eigenvalue weighted by Crippen LogP contribution is 2.23. The third-order valence-corrected chi connectivity index (χ3v) is 4.82. The molecule has 2 aromatic rings. The highest BCUT2D eigenvalue weighted by atomic mass is 127. The molecule has 1 N–H and O–H groups in total. The van der Waals surface area contributed by atoms with Gasteiger partial charge >= 0.3 is 0 Å². The first-order chi connectivity index (χ1) is 11.0. The molecule has 0 amide bonds. The Morgan fingerprint density at radius 1 is 1.42 bits per heavy atom. The monoisotopic (exact) mass is 522 g/mol. The van der Waals surface area contributed by atoms with Crippen molar-refractivity contribution < 1.29 is 4.39 Å². The van der Waals surface area contributed by atoms with Gasteiger partial charge in [0.2, 0.25) is 0 Å². The minimum Gasteiger partial charge on any atom is -0.352 e. The maximum absolute atomic E-state index is 13.9. The van der Waals surface area contributed by atoms with Crippen LogP contribution in [0, 0.1) is 17.1 Å². The average molecular weight is 523 g/mol. The SMILES string of the molecule is CN=C(NCc1ccc(C#N)cc1F)N(C)Cc1ccc(Br)s1.I. The van der Waals surface area contributed by atoms with Gasteiger partial charge in [-0.25, -0.2) is 4.39 Å². The Balaban J connectivity index is 0.00000288. The van der Waals surface area contributed by atoms with Gasteiger partial charge in [-0.05, 0) is 40.2 Å². The van der Waals surface area contributed by atoms with E-state index in [1.807, 2.05) is 24.1 Å². The van der Waals surface area contributed by atoms with Crippen molar-refractivity contribution in [2.45, 2.75) is 13.1 Å². The molecule has 2 rings (SSSR count). The van der Waals surface area contributed by atoms with Gasteiger partial charge in [-0.2, -0.15) is 5.26 Å². The summed E-state index contributed by atoms with van der Waals surface area (Å²) >= 11 is 5.11. The summed E-state index contributed by atoms with van der Waals surface area (Å²) in [5.41, 5.74) is 0.813. The van der Waals surface area contributed by atoms with Crippen molar-refractivity contribution in [1.82, 2.24) is 10.2 Å². The third kappa shape index (κ3) is 5.72. The largest absolute Gasteiger partial charge is 0.352 e. The van der Waals surface area contributed by atoms with Gasteiger partial charge in [-0.15, -0.1) is 35.3 Å². The van der Waals surface area contributed by atoms with Crippen molar-refractivity contribution in [3.63, 3.8) is 0 Å². The number of halogens is 3. The Morgan fingerprint density at radius 3 is 2.71 bits per heavy atom. The zero-order valence-corrected chi connectivity index (χ0v) is 17.9. The summed E-state index contributed by atoms with van der Waals surface area (Å²) in [6, 6.07) is 10.5. The normalized spacial score (nSPS) is 10.7. The van der Waals surface area contributed by atoms with E-state index in [2.05, 4.69) is 32.3 Å². The van der Waals surface area contributed by atoms with Crippen LogP contribution in [0.5, 0.6) is 0 Å². The van der Waals surface area contributed by atoms with Gasteiger partial charge < -0.3 is 10.2 Å². The quantitative estimate of drug-likeness (QED) is 0.369. The molecule has 0 fully saturated rings. The number of rotatable bonds is 4. The van der Waals surface area contributed by atoms with E-state index in [9.17, 15) is 4.39 Å². The van der Waals surface area contributed by atoms with Crippen molar-refractivity contribution in [1.29, 1.82) is 5.26 Å². The molecule has 128 valence electrons. The summed E-state index contributed by atoms with van der Waals surface area (Å²) < 4.78 is 15.0. The van der Waals surface area contributed by atoms with Crippen LogP contribution >= 0.6 is 51.2 Å². The zero-order valence-electron chi connectivity index (χ0n) is 13.2. The second kappa shape index (κ2) is 9.96. The van der Waals surface area contributed by atoms with Crippen LogP contribution in [0.25, 0.3) is 0 Å². The van der Waals surface area contributed by atoms with Crippen LogP contribution in [0.2, 0.25) is 0 Å². The fourth-order valence-electron chi connectivity index (χ4n) is 2.06. The standard InChI is InChI=1S/C16H16BrFN4S.HI/c1-20-16(22(2)10-13-5-6-15(17)23-13)21-9-12-4-3-11(8-19)7-14(12)18;/h3-7H,9-10H2,1-2H3,(H,20,21);1H. The summed E-state index contributed by atoms with van der Waals surface area (Å²) in [5.74, 6) is 0.287. The number of nitrogens with one attached hydrogen (secondary N) is 1. The van der Waals surface area contributed by atoms with E-state index in [1.54, 1.807) is 30.5 Å². The minimum absolute atomic E-state index is 0. The molecular formula is C16H17BrFIN4S. The summed E-state index contributed by atoms with van der Waals surface area (Å²) in [4.78, 5) is 7.39. The lowest BCUT2D eigenvalue weighted by Crippen LogP contribution is -2.38. The maximum atomic E-state index is 13.9. The van der Waals surface area contributed by atoms with Crippen LogP contribution in [0.4, 0.5) is 4.39 Å². The molecule has 0 aliphatic carbocycles. The molecule has 0 atom stereocenters. The average Bonchev–Trinajstić information content (AvgIpc) is 2.94. The number of benzene rings is 1. The molecule has 0 radical (unpaired) electrons. The fourth-order valence-corrected chi connectivity index (χ4v) is 3.60. The Bertz CT molecular complexity index is 757. The number of aliphatic imine (C=N–C) groups is 1. The van der Waals surface area contributed by atoms with E-state index in [4.69, 9.17) is 5.26 Å². The van der Waals surface area contributed by atoms with Crippen molar-refractivity contribution in [3.8, 4) is 6.07 Å². The molecule has 0 saturated carbocycles. The lowest BCUT2D eigenvalue weighted by Gasteiger charge is -2.21. The van der Waals surface area contributed by atoms with Crippen molar-refractivity contribution in [2.75, 3.05) is 14.1 Å². The van der Waals surface area contributed by atoms with Crippen LogP contribution in [-0.4, -0.2) is 25.0 Å². The molecule has 0 spiro atoms. The molecule has 24 heavy (non-hydrogen) atoms. The van der Waals surface area contributed by atoms with Crippen molar-refractivity contribution in [2.24, 2.45) is 4.99 Å². The highest BCUT2D eigenvalue weighted by Gasteiger charge is 2.10. The second-order valence-electron chi connectivity index (χ2n) is 4.88. The molecule has 0 unspecified atom stereocenters. The molecule has 0 aliphatic heterocycles. The van der Waals surface area contributed by atoms with Gasteiger partial charge in [0.15, 0.2) is 5.96 Å². The number of thiophene rings is 1. The Hall–Kier alpha value is -1.18. The lowest BCUT2D eigenvalue weighted by atomic mass is 10.1. The number of guanidine groups is 1. The summed E-state index contributed by atoms with van der Waals surface area (Å²) in [7, 11) is 3.62. The maximum Gasteiger partial charge on any atom is 0.193 e. The van der Waals surface area contributed by atoms with Crippen LogP contribution < -0.4 is 5.32 Å². The van der Waals surface area contributed by atoms with E-state index in [-0.39, 0.29) is 24.0 Å². The van der Waals surface area contributed by atoms with Gasteiger partial charge in [0.05, 0.1) is 22.0 Å². The lowest BCUT2D eigenvalue weighted by molar-refractivity contribution is 0.479. The molecule has 0 saturated heterocycles. The zero-order chi connectivity index (χ0) is 16.8. The molecule has 0 bridgehead atoms. The van der Waals surface area contributed by atoms with E-state index >= 15 is 0 Å². The highest BCUT2D eigenvalue weighted by molar-refractivity contribution is 14.0.